The Morgan fingerprint density at radius 3 is 2.56 bits per heavy atom. The first-order chi connectivity index (χ1) is 19.6. The van der Waals surface area contributed by atoms with Crippen molar-refractivity contribution in [2.45, 2.75) is 58.2 Å². The minimum absolute atomic E-state index is 0.00743. The summed E-state index contributed by atoms with van der Waals surface area (Å²) < 4.78 is 46.2. The third-order valence-electron chi connectivity index (χ3n) is 7.95. The Kier molecular flexibility index (Phi) is 8.45. The lowest BCUT2D eigenvalue weighted by molar-refractivity contribution is -0.133. The summed E-state index contributed by atoms with van der Waals surface area (Å²) in [6.07, 6.45) is 3.06. The Morgan fingerprint density at radius 1 is 1.15 bits per heavy atom. The van der Waals surface area contributed by atoms with Crippen LogP contribution in [0.15, 0.2) is 30.9 Å². The molecular weight excluding hydrogens is 555 g/mol. The number of halogens is 4. The van der Waals surface area contributed by atoms with Gasteiger partial charge in [-0.1, -0.05) is 31.5 Å². The summed E-state index contributed by atoms with van der Waals surface area (Å²) in [5.74, 6) is -2.25. The van der Waals surface area contributed by atoms with Gasteiger partial charge in [0, 0.05) is 57.6 Å². The molecule has 2 unspecified atom stereocenters. The van der Waals surface area contributed by atoms with E-state index in [4.69, 9.17) is 21.6 Å². The standard InChI is InChI=1S/C26H31ClF3N9.C2H6/c1-16-13-36(22(18-11-26(29,30)12-18)17-4-5-19(27)20(28)10-17)8-9-38(16)23-21-24(39-15-32-34-25(39)33-23)37(14-31-21)7-6-35(2)3;1-2/h4-5,10,14-16,18,22H,6-9,11-13H2,1-3H3;1-2H3. The number of benzene rings is 1. The van der Waals surface area contributed by atoms with Crippen LogP contribution in [-0.4, -0.2) is 91.2 Å². The number of hydrogen-bond donors (Lipinski definition) is 0. The van der Waals surface area contributed by atoms with Gasteiger partial charge in [0.25, 0.3) is 5.78 Å². The molecule has 0 bridgehead atoms. The smallest absolute Gasteiger partial charge is 0.258 e. The maximum absolute atomic E-state index is 14.4. The Balaban J connectivity index is 0.00000165. The van der Waals surface area contributed by atoms with Gasteiger partial charge in [-0.25, -0.2) is 22.6 Å². The molecule has 2 atom stereocenters. The average Bonchev–Trinajstić information content (AvgIpc) is 3.56. The van der Waals surface area contributed by atoms with E-state index in [0.717, 1.165) is 30.1 Å². The van der Waals surface area contributed by atoms with E-state index in [9.17, 15) is 13.2 Å². The molecule has 0 amide bonds. The molecule has 2 aliphatic rings. The highest BCUT2D eigenvalue weighted by Gasteiger charge is 2.50. The monoisotopic (exact) mass is 591 g/mol. The quantitative estimate of drug-likeness (QED) is 0.294. The maximum Gasteiger partial charge on any atom is 0.258 e. The number of likely N-dealkylation sites (N-methyl/N-ethyl adjacent to an activating group) is 1. The molecule has 13 heteroatoms. The van der Waals surface area contributed by atoms with Crippen LogP contribution in [0.2, 0.25) is 5.02 Å². The molecule has 0 spiro atoms. The minimum Gasteiger partial charge on any atom is -0.349 e. The molecule has 1 aromatic carbocycles. The van der Waals surface area contributed by atoms with Crippen LogP contribution < -0.4 is 4.90 Å². The number of fused-ring (bicyclic) bond motifs is 3. The zero-order valence-corrected chi connectivity index (χ0v) is 24.9. The third kappa shape index (κ3) is 5.74. The van der Waals surface area contributed by atoms with Gasteiger partial charge in [-0.2, -0.15) is 4.98 Å². The number of piperazine rings is 1. The van der Waals surface area contributed by atoms with Crippen molar-refractivity contribution >= 4 is 34.4 Å². The van der Waals surface area contributed by atoms with Crippen molar-refractivity contribution in [3.05, 3.63) is 47.3 Å². The first-order valence-electron chi connectivity index (χ1n) is 14.1. The molecule has 1 saturated heterocycles. The van der Waals surface area contributed by atoms with Crippen LogP contribution in [-0.2, 0) is 6.54 Å². The second-order valence-corrected chi connectivity index (χ2v) is 11.4. The van der Waals surface area contributed by atoms with E-state index in [-0.39, 0.29) is 35.9 Å². The number of aromatic nitrogens is 6. The van der Waals surface area contributed by atoms with Crippen LogP contribution in [0.1, 0.15) is 45.2 Å². The van der Waals surface area contributed by atoms with E-state index in [1.165, 1.54) is 12.1 Å². The molecule has 4 aromatic rings. The molecule has 0 radical (unpaired) electrons. The molecule has 9 nitrogen and oxygen atoms in total. The maximum atomic E-state index is 14.4. The van der Waals surface area contributed by atoms with Crippen molar-refractivity contribution in [2.75, 3.05) is 45.2 Å². The fraction of sp³-hybridized carbons (Fsp3) is 0.571. The average molecular weight is 592 g/mol. The Morgan fingerprint density at radius 2 is 1.90 bits per heavy atom. The molecule has 6 rings (SSSR count). The molecule has 3 aromatic heterocycles. The normalized spacial score (nSPS) is 20.3. The van der Waals surface area contributed by atoms with Gasteiger partial charge in [-0.05, 0) is 44.6 Å². The largest absolute Gasteiger partial charge is 0.349 e. The lowest BCUT2D eigenvalue weighted by Gasteiger charge is -2.49. The van der Waals surface area contributed by atoms with E-state index in [0.29, 0.717) is 31.0 Å². The number of alkyl halides is 2. The van der Waals surface area contributed by atoms with E-state index in [2.05, 4.69) is 36.4 Å². The zero-order chi connectivity index (χ0) is 29.5. The molecule has 222 valence electrons. The number of hydrogen-bond acceptors (Lipinski definition) is 7. The Labute approximate surface area is 242 Å². The number of imidazole rings is 1. The number of anilines is 1. The number of rotatable bonds is 7. The Bertz CT molecular complexity index is 1500. The fourth-order valence-corrected chi connectivity index (χ4v) is 6.14. The molecule has 1 saturated carbocycles. The highest BCUT2D eigenvalue weighted by molar-refractivity contribution is 6.30. The summed E-state index contributed by atoms with van der Waals surface area (Å²) in [4.78, 5) is 16.1. The second kappa shape index (κ2) is 11.7. The van der Waals surface area contributed by atoms with E-state index in [1.807, 2.05) is 38.7 Å². The van der Waals surface area contributed by atoms with E-state index < -0.39 is 11.7 Å². The molecule has 0 N–H and O–H groups in total. The summed E-state index contributed by atoms with van der Waals surface area (Å²) in [6.45, 7) is 9.48. The van der Waals surface area contributed by atoms with Crippen LogP contribution in [0.3, 0.4) is 0 Å². The first kappa shape index (κ1) is 29.5. The van der Waals surface area contributed by atoms with Gasteiger partial charge in [0.2, 0.25) is 5.92 Å². The van der Waals surface area contributed by atoms with Crippen LogP contribution in [0.4, 0.5) is 19.0 Å². The van der Waals surface area contributed by atoms with Gasteiger partial charge in [0.05, 0.1) is 11.3 Å². The minimum atomic E-state index is -2.67. The second-order valence-electron chi connectivity index (χ2n) is 11.0. The van der Waals surface area contributed by atoms with Gasteiger partial charge in [-0.3, -0.25) is 4.90 Å². The highest BCUT2D eigenvalue weighted by atomic mass is 35.5. The summed E-state index contributed by atoms with van der Waals surface area (Å²) in [5.41, 5.74) is 2.32. The molecule has 1 aliphatic carbocycles. The topological polar surface area (TPSA) is 70.6 Å². The van der Waals surface area contributed by atoms with E-state index in [1.54, 1.807) is 12.4 Å². The van der Waals surface area contributed by atoms with Crippen molar-refractivity contribution in [3.8, 4) is 0 Å². The Hall–Kier alpha value is -2.96. The van der Waals surface area contributed by atoms with Gasteiger partial charge in [0.1, 0.15) is 17.7 Å². The van der Waals surface area contributed by atoms with Crippen molar-refractivity contribution in [1.29, 1.82) is 0 Å². The summed E-state index contributed by atoms with van der Waals surface area (Å²) in [7, 11) is 4.05. The molecule has 41 heavy (non-hydrogen) atoms. The molecule has 1 aliphatic heterocycles. The van der Waals surface area contributed by atoms with Crippen LogP contribution >= 0.6 is 11.6 Å². The predicted molar refractivity (Wildman–Crippen MR) is 154 cm³/mol. The van der Waals surface area contributed by atoms with Gasteiger partial charge < -0.3 is 14.4 Å². The van der Waals surface area contributed by atoms with E-state index >= 15 is 0 Å². The van der Waals surface area contributed by atoms with Gasteiger partial charge >= 0.3 is 0 Å². The first-order valence-corrected chi connectivity index (χ1v) is 14.5. The molecular formula is C28H37ClF3N9. The highest BCUT2D eigenvalue weighted by Crippen LogP contribution is 2.51. The van der Waals surface area contributed by atoms with Crippen molar-refractivity contribution < 1.29 is 13.2 Å². The van der Waals surface area contributed by atoms with Crippen LogP contribution in [0.5, 0.6) is 0 Å². The number of nitrogens with zero attached hydrogens (tertiary/aromatic N) is 9. The third-order valence-corrected chi connectivity index (χ3v) is 8.26. The predicted octanol–water partition coefficient (Wildman–Crippen LogP) is 5.15. The lowest BCUT2D eigenvalue weighted by Crippen LogP contribution is -2.56. The van der Waals surface area contributed by atoms with Crippen molar-refractivity contribution in [3.63, 3.8) is 0 Å². The molecule has 2 fully saturated rings. The van der Waals surface area contributed by atoms with Crippen LogP contribution in [0.25, 0.3) is 16.9 Å². The van der Waals surface area contributed by atoms with Crippen LogP contribution in [0, 0.1) is 11.7 Å². The van der Waals surface area contributed by atoms with Crippen molar-refractivity contribution in [2.24, 2.45) is 5.92 Å². The van der Waals surface area contributed by atoms with Gasteiger partial charge in [-0.15, -0.1) is 10.2 Å². The molecule has 4 heterocycles. The summed E-state index contributed by atoms with van der Waals surface area (Å²) >= 11 is 5.93. The van der Waals surface area contributed by atoms with Crippen molar-refractivity contribution in [1.82, 2.24) is 38.9 Å². The fourth-order valence-electron chi connectivity index (χ4n) is 6.02. The van der Waals surface area contributed by atoms with Gasteiger partial charge in [0.15, 0.2) is 11.5 Å². The summed E-state index contributed by atoms with van der Waals surface area (Å²) in [6, 6.07) is 4.33. The summed E-state index contributed by atoms with van der Waals surface area (Å²) in [5, 5.41) is 8.31. The zero-order valence-electron chi connectivity index (χ0n) is 24.1. The SMILES string of the molecule is CC.CC1CN(C(c2ccc(Cl)c(F)c2)C2CC(F)(F)C2)CCN1c1nc2nncn2c2c1ncn2CCN(C)C. The lowest BCUT2D eigenvalue weighted by atomic mass is 9.73.